The second-order valence-corrected chi connectivity index (χ2v) is 19.9. The Morgan fingerprint density at radius 3 is 0.863 bits per heavy atom. The largest absolute Gasteiger partial charge is 0.462 e. The first-order chi connectivity index (χ1) is 39.5. The molecule has 0 radical (unpaired) electrons. The van der Waals surface area contributed by atoms with Crippen LogP contribution in [0.25, 0.3) is 0 Å². The van der Waals surface area contributed by atoms with Crippen molar-refractivity contribution in [2.45, 2.75) is 239 Å². The molecular weight excluding hydrogens is 985 g/mol. The van der Waals surface area contributed by atoms with Gasteiger partial charge in [0.15, 0.2) is 6.10 Å². The van der Waals surface area contributed by atoms with Crippen LogP contribution < -0.4 is 0 Å². The zero-order chi connectivity index (χ0) is 57.8. The zero-order valence-corrected chi connectivity index (χ0v) is 50.8. The highest BCUT2D eigenvalue weighted by molar-refractivity contribution is 5.72. The van der Waals surface area contributed by atoms with Crippen molar-refractivity contribution in [1.29, 1.82) is 0 Å². The van der Waals surface area contributed by atoms with E-state index >= 15 is 0 Å². The third-order valence-corrected chi connectivity index (χ3v) is 12.3. The van der Waals surface area contributed by atoms with E-state index in [-0.39, 0.29) is 38.0 Å². The van der Waals surface area contributed by atoms with Gasteiger partial charge in [-0.15, -0.1) is 0 Å². The molecule has 0 aromatic heterocycles. The van der Waals surface area contributed by atoms with Gasteiger partial charge in [0.25, 0.3) is 0 Å². The van der Waals surface area contributed by atoms with E-state index in [1.807, 2.05) is 6.08 Å². The van der Waals surface area contributed by atoms with Crippen LogP contribution in [0.4, 0.5) is 0 Å². The minimum Gasteiger partial charge on any atom is -0.462 e. The summed E-state index contributed by atoms with van der Waals surface area (Å²) in [6.07, 6.45) is 100. The summed E-state index contributed by atoms with van der Waals surface area (Å²) < 4.78 is 16.7. The van der Waals surface area contributed by atoms with Gasteiger partial charge < -0.3 is 14.2 Å². The Morgan fingerprint density at radius 2 is 0.525 bits per heavy atom. The molecule has 0 saturated heterocycles. The lowest BCUT2D eigenvalue weighted by Crippen LogP contribution is -2.30. The summed E-state index contributed by atoms with van der Waals surface area (Å²) in [5.41, 5.74) is 0. The second kappa shape index (κ2) is 65.8. The highest BCUT2D eigenvalue weighted by atomic mass is 16.6. The van der Waals surface area contributed by atoms with Crippen molar-refractivity contribution >= 4 is 17.9 Å². The lowest BCUT2D eigenvalue weighted by atomic mass is 10.1. The minimum atomic E-state index is -0.865. The van der Waals surface area contributed by atoms with Gasteiger partial charge in [0, 0.05) is 12.8 Å². The normalized spacial score (nSPS) is 13.5. The number of ether oxygens (including phenoxy) is 3. The van der Waals surface area contributed by atoms with E-state index in [9.17, 15) is 14.4 Å². The van der Waals surface area contributed by atoms with Gasteiger partial charge in [-0.25, -0.2) is 0 Å². The fraction of sp³-hybridized carbons (Fsp3) is 0.527. The first-order valence-electron chi connectivity index (χ1n) is 31.4. The predicted molar refractivity (Wildman–Crippen MR) is 347 cm³/mol. The van der Waals surface area contributed by atoms with Crippen LogP contribution in [0.1, 0.15) is 233 Å². The Bertz CT molecular complexity index is 1930. The van der Waals surface area contributed by atoms with Crippen molar-refractivity contribution in [3.05, 3.63) is 194 Å². The monoisotopic (exact) mass is 1100 g/mol. The maximum Gasteiger partial charge on any atom is 0.310 e. The average Bonchev–Trinajstić information content (AvgIpc) is 3.46. The van der Waals surface area contributed by atoms with Crippen LogP contribution in [0.15, 0.2) is 194 Å². The van der Waals surface area contributed by atoms with E-state index in [1.165, 1.54) is 44.9 Å². The fourth-order valence-corrected chi connectivity index (χ4v) is 7.72. The number of unbranched alkanes of at least 4 members (excludes halogenated alkanes) is 12. The molecule has 0 aromatic rings. The molecule has 0 aliphatic carbocycles. The number of hydrogen-bond donors (Lipinski definition) is 0. The average molecular weight is 1100 g/mol. The molecule has 1 unspecified atom stereocenters. The van der Waals surface area contributed by atoms with Crippen molar-refractivity contribution in [3.8, 4) is 0 Å². The Labute approximate surface area is 490 Å². The zero-order valence-electron chi connectivity index (χ0n) is 50.8. The summed E-state index contributed by atoms with van der Waals surface area (Å²) in [5, 5.41) is 0. The first kappa shape index (κ1) is 74.2. The number of rotatable bonds is 54. The van der Waals surface area contributed by atoms with Gasteiger partial charge in [-0.3, -0.25) is 14.4 Å². The summed E-state index contributed by atoms with van der Waals surface area (Å²) >= 11 is 0. The van der Waals surface area contributed by atoms with Crippen LogP contribution in [-0.2, 0) is 28.6 Å². The quantitative estimate of drug-likeness (QED) is 0.0261. The maximum absolute atomic E-state index is 12.8. The molecule has 0 N–H and O–H groups in total. The maximum atomic E-state index is 12.8. The molecule has 0 rings (SSSR count). The van der Waals surface area contributed by atoms with Crippen LogP contribution in [0.2, 0.25) is 0 Å². The number of esters is 3. The molecule has 1 atom stereocenters. The molecule has 0 bridgehead atoms. The lowest BCUT2D eigenvalue weighted by molar-refractivity contribution is -0.166. The third-order valence-electron chi connectivity index (χ3n) is 12.3. The summed E-state index contributed by atoms with van der Waals surface area (Å²) in [5.74, 6) is -1.14. The molecule has 0 aliphatic rings. The van der Waals surface area contributed by atoms with E-state index in [4.69, 9.17) is 14.2 Å². The molecule has 0 fully saturated rings. The Morgan fingerprint density at radius 1 is 0.275 bits per heavy atom. The molecule has 0 aromatic carbocycles. The fourth-order valence-electron chi connectivity index (χ4n) is 7.72. The predicted octanol–water partition coefficient (Wildman–Crippen LogP) is 21.8. The Balaban J connectivity index is 4.48. The van der Waals surface area contributed by atoms with Gasteiger partial charge in [-0.2, -0.15) is 0 Å². The molecule has 6 heteroatoms. The van der Waals surface area contributed by atoms with Crippen LogP contribution in [0.3, 0.4) is 0 Å². The van der Waals surface area contributed by atoms with E-state index in [0.29, 0.717) is 19.3 Å². The smallest absolute Gasteiger partial charge is 0.310 e. The molecular formula is C74H112O6. The number of allylic oxidation sites excluding steroid dienone is 31. The lowest BCUT2D eigenvalue weighted by Gasteiger charge is -2.18. The minimum absolute atomic E-state index is 0.0756. The highest BCUT2D eigenvalue weighted by Gasteiger charge is 2.19. The van der Waals surface area contributed by atoms with E-state index in [0.717, 1.165) is 135 Å². The molecule has 0 spiro atoms. The van der Waals surface area contributed by atoms with Crippen molar-refractivity contribution in [1.82, 2.24) is 0 Å². The van der Waals surface area contributed by atoms with Gasteiger partial charge >= 0.3 is 17.9 Å². The molecule has 0 heterocycles. The number of hydrogen-bond acceptors (Lipinski definition) is 6. The topological polar surface area (TPSA) is 78.9 Å². The van der Waals surface area contributed by atoms with Crippen molar-refractivity contribution < 1.29 is 28.6 Å². The SMILES string of the molecule is CC/C=C\C/C=C\C/C=C\C/C=C\C/C=C\C/C=C\C/C=C\C/C=C\C/C=C\C/C=C\CCCCC(=O)OCC(COC(=O)CCCCCCC/C=C\CCCCCCC)OC(=O)C/C=C\C/C=C\C/C=C\C/C=C\C/C=C\CC. The van der Waals surface area contributed by atoms with E-state index < -0.39 is 12.1 Å². The third kappa shape index (κ3) is 63.1. The standard InChI is InChI=1S/C74H112O6/c1-4-7-10-13-16-19-22-25-28-29-30-31-32-33-34-35-36-37-38-39-40-41-42-43-44-45-47-49-52-55-58-61-64-67-73(76)79-70-71(69-78-72(75)66-63-60-57-54-51-48-27-24-21-18-15-12-9-6-3)80-74(77)68-65-62-59-56-53-50-46-26-23-20-17-14-11-8-5-2/h7-8,10-11,16-17,19-20,24-28,30-31,33-34,36-37,39-40,42-43,45-47,52-53,55-56,62,65,71H,4-6,9,12-15,18,21-23,29,32,35,38,41,44,48-51,54,57-61,63-64,66-70H2,1-3H3/b10-7-,11-8-,19-16-,20-17-,27-24-,28-25-,31-30-,34-33-,37-36-,40-39-,43-42-,46-26-,47-45-,55-52-,56-53-,65-62-. The van der Waals surface area contributed by atoms with Crippen LogP contribution in [0.5, 0.6) is 0 Å². The Kier molecular flexibility index (Phi) is 61.0. The van der Waals surface area contributed by atoms with E-state index in [1.54, 1.807) is 6.08 Å². The Hall–Kier alpha value is -5.75. The summed E-state index contributed by atoms with van der Waals surface area (Å²) in [6, 6.07) is 0. The van der Waals surface area contributed by atoms with Gasteiger partial charge in [-0.05, 0) is 148 Å². The van der Waals surface area contributed by atoms with Crippen molar-refractivity contribution in [2.24, 2.45) is 0 Å². The molecule has 0 aliphatic heterocycles. The van der Waals surface area contributed by atoms with Crippen molar-refractivity contribution in [3.63, 3.8) is 0 Å². The summed E-state index contributed by atoms with van der Waals surface area (Å²) in [7, 11) is 0. The molecule has 6 nitrogen and oxygen atoms in total. The highest BCUT2D eigenvalue weighted by Crippen LogP contribution is 2.12. The van der Waals surface area contributed by atoms with Gasteiger partial charge in [0.05, 0.1) is 6.42 Å². The van der Waals surface area contributed by atoms with Gasteiger partial charge in [-0.1, -0.05) is 260 Å². The van der Waals surface area contributed by atoms with Gasteiger partial charge in [0.2, 0.25) is 0 Å². The molecule has 444 valence electrons. The van der Waals surface area contributed by atoms with Crippen LogP contribution in [0, 0.1) is 0 Å². The number of carbonyl (C=O) groups excluding carboxylic acids is 3. The van der Waals surface area contributed by atoms with E-state index in [2.05, 4.69) is 203 Å². The first-order valence-corrected chi connectivity index (χ1v) is 31.4. The number of carbonyl (C=O) groups is 3. The molecule has 0 amide bonds. The molecule has 0 saturated carbocycles. The van der Waals surface area contributed by atoms with Crippen LogP contribution >= 0.6 is 0 Å². The van der Waals surface area contributed by atoms with Crippen molar-refractivity contribution in [2.75, 3.05) is 13.2 Å². The summed E-state index contributed by atoms with van der Waals surface area (Å²) in [4.78, 5) is 38.1. The van der Waals surface area contributed by atoms with Gasteiger partial charge in [0.1, 0.15) is 13.2 Å². The second-order valence-electron chi connectivity index (χ2n) is 19.9. The summed E-state index contributed by atoms with van der Waals surface area (Å²) in [6.45, 7) is 6.25. The van der Waals surface area contributed by atoms with Crippen LogP contribution in [-0.4, -0.2) is 37.2 Å². The molecule has 80 heavy (non-hydrogen) atoms.